The maximum absolute atomic E-state index is 12.1. The minimum atomic E-state index is -0.277. The number of methoxy groups -OCH3 is 2. The fraction of sp³-hybridized carbons (Fsp3) is 0.167. The summed E-state index contributed by atoms with van der Waals surface area (Å²) < 4.78 is 10.3. The first-order valence-corrected chi connectivity index (χ1v) is 6.06. The highest BCUT2D eigenvalue weighted by atomic mass is 32.1. The molecule has 0 radical (unpaired) electrons. The van der Waals surface area contributed by atoms with Gasteiger partial charge in [0.25, 0.3) is 5.91 Å². The average Bonchev–Trinajstić information content (AvgIpc) is 2.90. The van der Waals surface area contributed by atoms with Gasteiger partial charge in [0.05, 0.1) is 19.8 Å². The second-order valence-electron chi connectivity index (χ2n) is 3.33. The molecule has 0 unspecified atom stereocenters. The smallest absolute Gasteiger partial charge is 0.261 e. The van der Waals surface area contributed by atoms with Crippen LogP contribution in [-0.2, 0) is 0 Å². The van der Waals surface area contributed by atoms with E-state index in [0.717, 1.165) is 0 Å². The van der Waals surface area contributed by atoms with Crippen molar-refractivity contribution < 1.29 is 14.3 Å². The zero-order valence-electron chi connectivity index (χ0n) is 9.97. The zero-order valence-corrected chi connectivity index (χ0v) is 10.8. The first-order chi connectivity index (χ1) is 8.76. The van der Waals surface area contributed by atoms with Gasteiger partial charge in [-0.05, 0) is 12.1 Å². The third-order valence-corrected chi connectivity index (χ3v) is 2.99. The first kappa shape index (κ1) is 12.4. The lowest BCUT2D eigenvalue weighted by molar-refractivity contribution is 0.102. The molecule has 0 fully saturated rings. The van der Waals surface area contributed by atoms with Crippen molar-refractivity contribution in [3.8, 4) is 11.5 Å². The molecule has 0 aliphatic heterocycles. The van der Waals surface area contributed by atoms with Crippen molar-refractivity contribution in [2.75, 3.05) is 19.5 Å². The van der Waals surface area contributed by atoms with Gasteiger partial charge in [0.15, 0.2) is 16.6 Å². The van der Waals surface area contributed by atoms with Crippen LogP contribution in [0.15, 0.2) is 29.8 Å². The van der Waals surface area contributed by atoms with Crippen molar-refractivity contribution in [2.24, 2.45) is 0 Å². The number of para-hydroxylation sites is 1. The molecule has 0 atom stereocenters. The van der Waals surface area contributed by atoms with Crippen LogP contribution in [0.2, 0.25) is 0 Å². The Hall–Kier alpha value is -2.08. The highest BCUT2D eigenvalue weighted by Gasteiger charge is 2.16. The second-order valence-corrected chi connectivity index (χ2v) is 4.23. The third-order valence-electron chi connectivity index (χ3n) is 2.30. The molecule has 18 heavy (non-hydrogen) atoms. The maximum atomic E-state index is 12.1. The molecule has 0 aliphatic rings. The van der Waals surface area contributed by atoms with Crippen molar-refractivity contribution in [1.82, 2.24) is 4.98 Å². The lowest BCUT2D eigenvalue weighted by Gasteiger charge is -2.11. The van der Waals surface area contributed by atoms with Gasteiger partial charge in [-0.3, -0.25) is 10.1 Å². The normalized spacial score (nSPS) is 9.89. The molecule has 6 heteroatoms. The molecule has 5 nitrogen and oxygen atoms in total. The zero-order chi connectivity index (χ0) is 13.0. The van der Waals surface area contributed by atoms with E-state index in [2.05, 4.69) is 10.3 Å². The molecule has 1 aromatic heterocycles. The maximum Gasteiger partial charge on any atom is 0.261 e. The van der Waals surface area contributed by atoms with Crippen molar-refractivity contribution >= 4 is 22.4 Å². The highest BCUT2D eigenvalue weighted by Crippen LogP contribution is 2.31. The second kappa shape index (κ2) is 5.50. The Balaban J connectivity index is 2.29. The van der Waals surface area contributed by atoms with E-state index in [-0.39, 0.29) is 5.91 Å². The van der Waals surface area contributed by atoms with Gasteiger partial charge in [0.1, 0.15) is 0 Å². The van der Waals surface area contributed by atoms with Gasteiger partial charge in [0, 0.05) is 11.6 Å². The number of rotatable bonds is 4. The van der Waals surface area contributed by atoms with Crippen LogP contribution in [0, 0.1) is 0 Å². The van der Waals surface area contributed by atoms with Gasteiger partial charge in [-0.25, -0.2) is 4.98 Å². The van der Waals surface area contributed by atoms with Gasteiger partial charge < -0.3 is 9.47 Å². The van der Waals surface area contributed by atoms with Crippen molar-refractivity contribution in [3.05, 3.63) is 35.3 Å². The Morgan fingerprint density at radius 1 is 1.33 bits per heavy atom. The molecule has 2 aromatic rings. The van der Waals surface area contributed by atoms with Crippen LogP contribution in [0.4, 0.5) is 5.13 Å². The average molecular weight is 264 g/mol. The van der Waals surface area contributed by atoms with E-state index in [1.165, 1.54) is 25.6 Å². The number of anilines is 1. The highest BCUT2D eigenvalue weighted by molar-refractivity contribution is 7.13. The van der Waals surface area contributed by atoms with E-state index in [1.807, 2.05) is 0 Å². The van der Waals surface area contributed by atoms with Crippen LogP contribution in [0.5, 0.6) is 11.5 Å². The van der Waals surface area contributed by atoms with Gasteiger partial charge in [-0.2, -0.15) is 0 Å². The monoisotopic (exact) mass is 264 g/mol. The predicted octanol–water partition coefficient (Wildman–Crippen LogP) is 2.41. The van der Waals surface area contributed by atoms with Crippen LogP contribution in [-0.4, -0.2) is 25.1 Å². The number of thiazole rings is 1. The molecule has 1 aromatic carbocycles. The van der Waals surface area contributed by atoms with Crippen LogP contribution < -0.4 is 14.8 Å². The summed E-state index contributed by atoms with van der Waals surface area (Å²) in [5.41, 5.74) is 0.409. The number of hydrogen-bond acceptors (Lipinski definition) is 5. The molecule has 2 rings (SSSR count). The topological polar surface area (TPSA) is 60.5 Å². The van der Waals surface area contributed by atoms with Crippen LogP contribution >= 0.6 is 11.3 Å². The van der Waals surface area contributed by atoms with Gasteiger partial charge in [-0.15, -0.1) is 11.3 Å². The lowest BCUT2D eigenvalue weighted by atomic mass is 10.1. The van der Waals surface area contributed by atoms with E-state index in [4.69, 9.17) is 9.47 Å². The number of ether oxygens (including phenoxy) is 2. The number of carbonyl (C=O) groups is 1. The quantitative estimate of drug-likeness (QED) is 0.921. The predicted molar refractivity (Wildman–Crippen MR) is 69.6 cm³/mol. The van der Waals surface area contributed by atoms with Crippen LogP contribution in [0.1, 0.15) is 10.4 Å². The number of hydrogen-bond donors (Lipinski definition) is 1. The summed E-state index contributed by atoms with van der Waals surface area (Å²) in [5.74, 6) is 0.652. The summed E-state index contributed by atoms with van der Waals surface area (Å²) in [6.07, 6.45) is 1.63. The van der Waals surface area contributed by atoms with E-state index in [9.17, 15) is 4.79 Å². The molecule has 0 spiro atoms. The Kier molecular flexibility index (Phi) is 3.78. The SMILES string of the molecule is COc1cccc(C(=O)Nc2nccs2)c1OC. The van der Waals surface area contributed by atoms with Gasteiger partial charge in [-0.1, -0.05) is 6.07 Å². The largest absolute Gasteiger partial charge is 0.493 e. The molecule has 0 aliphatic carbocycles. The minimum Gasteiger partial charge on any atom is -0.493 e. The fourth-order valence-corrected chi connectivity index (χ4v) is 2.04. The lowest BCUT2D eigenvalue weighted by Crippen LogP contribution is -2.13. The number of carbonyl (C=O) groups excluding carboxylic acids is 1. The molecular weight excluding hydrogens is 252 g/mol. The number of aromatic nitrogens is 1. The Morgan fingerprint density at radius 2 is 2.17 bits per heavy atom. The Bertz CT molecular complexity index is 540. The van der Waals surface area contributed by atoms with Crippen molar-refractivity contribution in [3.63, 3.8) is 0 Å². The molecular formula is C12H12N2O3S. The van der Waals surface area contributed by atoms with E-state index < -0.39 is 0 Å². The molecule has 1 N–H and O–H groups in total. The summed E-state index contributed by atoms with van der Waals surface area (Å²) in [6, 6.07) is 5.14. The van der Waals surface area contributed by atoms with Gasteiger partial charge >= 0.3 is 0 Å². The summed E-state index contributed by atoms with van der Waals surface area (Å²) >= 11 is 1.35. The van der Waals surface area contributed by atoms with E-state index >= 15 is 0 Å². The van der Waals surface area contributed by atoms with Gasteiger partial charge in [0.2, 0.25) is 0 Å². The minimum absolute atomic E-state index is 0.277. The number of nitrogens with zero attached hydrogens (tertiary/aromatic N) is 1. The summed E-state index contributed by atoms with van der Waals surface area (Å²) in [5, 5.41) is 5.03. The number of benzene rings is 1. The van der Waals surface area contributed by atoms with Crippen LogP contribution in [0.3, 0.4) is 0 Å². The fourth-order valence-electron chi connectivity index (χ4n) is 1.52. The Labute approximate surface area is 108 Å². The third kappa shape index (κ3) is 2.43. The number of nitrogens with one attached hydrogen (secondary N) is 1. The standard InChI is InChI=1S/C12H12N2O3S/c1-16-9-5-3-4-8(10(9)17-2)11(15)14-12-13-6-7-18-12/h3-7H,1-2H3,(H,13,14,15). The number of amides is 1. The van der Waals surface area contributed by atoms with Crippen molar-refractivity contribution in [2.45, 2.75) is 0 Å². The first-order valence-electron chi connectivity index (χ1n) is 5.18. The van der Waals surface area contributed by atoms with Crippen molar-refractivity contribution in [1.29, 1.82) is 0 Å². The molecule has 0 saturated carbocycles. The molecule has 1 heterocycles. The molecule has 0 saturated heterocycles. The summed E-state index contributed by atoms with van der Waals surface area (Å²) in [6.45, 7) is 0. The Morgan fingerprint density at radius 3 is 2.78 bits per heavy atom. The summed E-state index contributed by atoms with van der Waals surface area (Å²) in [4.78, 5) is 16.1. The molecule has 1 amide bonds. The van der Waals surface area contributed by atoms with E-state index in [1.54, 1.807) is 29.8 Å². The molecule has 0 bridgehead atoms. The van der Waals surface area contributed by atoms with E-state index in [0.29, 0.717) is 22.2 Å². The van der Waals surface area contributed by atoms with Crippen LogP contribution in [0.25, 0.3) is 0 Å². The summed E-state index contributed by atoms with van der Waals surface area (Å²) in [7, 11) is 3.03. The molecule has 94 valence electrons.